The topological polar surface area (TPSA) is 81.2 Å². The van der Waals surface area contributed by atoms with Crippen LogP contribution in [0.5, 0.6) is 0 Å². The molecule has 0 radical (unpaired) electrons. The first-order valence-electron chi connectivity index (χ1n) is 7.82. The number of hydrogen-bond acceptors (Lipinski definition) is 5. The summed E-state index contributed by atoms with van der Waals surface area (Å²) in [5.41, 5.74) is 5.91. The first-order valence-corrected chi connectivity index (χ1v) is 8.70. The van der Waals surface area contributed by atoms with Gasteiger partial charge in [-0.3, -0.25) is 14.2 Å². The average Bonchev–Trinajstić information content (AvgIpc) is 3.00. The molecule has 6 nitrogen and oxygen atoms in total. The molecule has 0 fully saturated rings. The molecule has 2 heterocycles. The zero-order valence-electron chi connectivity index (χ0n) is 14.3. The number of nitrogens with zero attached hydrogens (tertiary/aromatic N) is 3. The molecule has 0 aliphatic carbocycles. The van der Waals surface area contributed by atoms with Crippen LogP contribution in [0.15, 0.2) is 22.6 Å². The molecule has 134 valence electrons. The van der Waals surface area contributed by atoms with Crippen LogP contribution in [-0.2, 0) is 11.3 Å². The SMILES string of the molecule is CC(C)C(N)CCN(C)C(=O)CCn1cnc2sccc2c1=O.Cl. The number of hydrogen-bond donors (Lipinski definition) is 1. The summed E-state index contributed by atoms with van der Waals surface area (Å²) in [6.07, 6.45) is 2.58. The summed E-state index contributed by atoms with van der Waals surface area (Å²) < 4.78 is 1.50. The number of carbonyl (C=O) groups excluding carboxylic acids is 1. The van der Waals surface area contributed by atoms with Crippen molar-refractivity contribution < 1.29 is 4.79 Å². The van der Waals surface area contributed by atoms with Crippen molar-refractivity contribution in [3.8, 4) is 0 Å². The zero-order valence-corrected chi connectivity index (χ0v) is 15.9. The van der Waals surface area contributed by atoms with E-state index in [1.807, 2.05) is 5.38 Å². The Kier molecular flexibility index (Phi) is 7.86. The molecule has 0 aromatic carbocycles. The Morgan fingerprint density at radius 1 is 1.46 bits per heavy atom. The van der Waals surface area contributed by atoms with Crippen LogP contribution >= 0.6 is 23.7 Å². The molecule has 0 aliphatic heterocycles. The second-order valence-corrected chi connectivity index (χ2v) is 7.04. The molecular formula is C16H25ClN4O2S. The van der Waals surface area contributed by atoms with Crippen LogP contribution < -0.4 is 11.3 Å². The molecule has 1 amide bonds. The van der Waals surface area contributed by atoms with Gasteiger partial charge in [0, 0.05) is 32.6 Å². The smallest absolute Gasteiger partial charge is 0.262 e. The molecule has 1 unspecified atom stereocenters. The standard InChI is InChI=1S/C16H24N4O2S.ClH/c1-11(2)13(17)4-7-19(3)14(21)5-8-20-10-18-15-12(16(20)22)6-9-23-15;/h6,9-11,13H,4-5,7-8,17H2,1-3H3;1H. The quantitative estimate of drug-likeness (QED) is 0.806. The first kappa shape index (κ1) is 20.6. The average molecular weight is 373 g/mol. The number of rotatable bonds is 7. The molecular weight excluding hydrogens is 348 g/mol. The van der Waals surface area contributed by atoms with Gasteiger partial charge in [0.05, 0.1) is 11.7 Å². The fraction of sp³-hybridized carbons (Fsp3) is 0.562. The number of fused-ring (bicyclic) bond motifs is 1. The van der Waals surface area contributed by atoms with Crippen molar-refractivity contribution >= 4 is 39.9 Å². The maximum Gasteiger partial charge on any atom is 0.262 e. The minimum Gasteiger partial charge on any atom is -0.346 e. The summed E-state index contributed by atoms with van der Waals surface area (Å²) in [6.45, 7) is 5.13. The molecule has 8 heteroatoms. The summed E-state index contributed by atoms with van der Waals surface area (Å²) in [4.78, 5) is 31.1. The lowest BCUT2D eigenvalue weighted by atomic mass is 10.0. The monoisotopic (exact) mass is 372 g/mol. The van der Waals surface area contributed by atoms with Crippen molar-refractivity contribution in [2.45, 2.75) is 39.3 Å². The van der Waals surface area contributed by atoms with Gasteiger partial charge in [-0.15, -0.1) is 23.7 Å². The van der Waals surface area contributed by atoms with Crippen LogP contribution in [0.1, 0.15) is 26.7 Å². The van der Waals surface area contributed by atoms with E-state index in [9.17, 15) is 9.59 Å². The van der Waals surface area contributed by atoms with Gasteiger partial charge in [0.25, 0.3) is 5.56 Å². The molecule has 0 spiro atoms. The van der Waals surface area contributed by atoms with Crippen LogP contribution in [0.2, 0.25) is 0 Å². The van der Waals surface area contributed by atoms with Gasteiger partial charge in [-0.25, -0.2) is 4.98 Å². The van der Waals surface area contributed by atoms with E-state index < -0.39 is 0 Å². The van der Waals surface area contributed by atoms with Crippen LogP contribution in [0.4, 0.5) is 0 Å². The Bertz CT molecular complexity index is 728. The van der Waals surface area contributed by atoms with Crippen molar-refractivity contribution in [1.82, 2.24) is 14.5 Å². The molecule has 2 N–H and O–H groups in total. The number of aryl methyl sites for hydroxylation is 1. The second kappa shape index (κ2) is 9.15. The maximum absolute atomic E-state index is 12.3. The van der Waals surface area contributed by atoms with Gasteiger partial charge in [-0.2, -0.15) is 0 Å². The summed E-state index contributed by atoms with van der Waals surface area (Å²) in [5.74, 6) is 0.416. The van der Waals surface area contributed by atoms with E-state index in [-0.39, 0.29) is 36.3 Å². The lowest BCUT2D eigenvalue weighted by Crippen LogP contribution is -2.35. The highest BCUT2D eigenvalue weighted by atomic mass is 35.5. The fourth-order valence-corrected chi connectivity index (χ4v) is 2.98. The minimum absolute atomic E-state index is 0. The number of thiophene rings is 1. The van der Waals surface area contributed by atoms with E-state index in [0.29, 0.717) is 24.4 Å². The normalized spacial score (nSPS) is 12.2. The number of aromatic nitrogens is 2. The van der Waals surface area contributed by atoms with E-state index in [1.54, 1.807) is 18.0 Å². The van der Waals surface area contributed by atoms with E-state index in [0.717, 1.165) is 11.3 Å². The molecule has 2 rings (SSSR count). The summed E-state index contributed by atoms with van der Waals surface area (Å²) in [7, 11) is 1.78. The number of halogens is 1. The number of carbonyl (C=O) groups is 1. The van der Waals surface area contributed by atoms with E-state index in [2.05, 4.69) is 18.8 Å². The van der Waals surface area contributed by atoms with Crippen molar-refractivity contribution in [3.63, 3.8) is 0 Å². The lowest BCUT2D eigenvalue weighted by Gasteiger charge is -2.21. The van der Waals surface area contributed by atoms with E-state index in [1.165, 1.54) is 22.2 Å². The van der Waals surface area contributed by atoms with Gasteiger partial charge < -0.3 is 10.6 Å². The predicted molar refractivity (Wildman–Crippen MR) is 101 cm³/mol. The molecule has 0 saturated carbocycles. The Balaban J connectivity index is 0.00000288. The number of nitrogens with two attached hydrogens (primary N) is 1. The Labute approximate surface area is 152 Å². The molecule has 0 bridgehead atoms. The van der Waals surface area contributed by atoms with Crippen molar-refractivity contribution in [3.05, 3.63) is 28.1 Å². The first-order chi connectivity index (χ1) is 10.9. The van der Waals surface area contributed by atoms with Gasteiger partial charge in [-0.1, -0.05) is 13.8 Å². The van der Waals surface area contributed by atoms with Crippen LogP contribution in [0.25, 0.3) is 10.2 Å². The Hall–Kier alpha value is -1.44. The third kappa shape index (κ3) is 5.03. The zero-order chi connectivity index (χ0) is 17.0. The molecule has 2 aromatic rings. The third-order valence-electron chi connectivity index (χ3n) is 4.10. The van der Waals surface area contributed by atoms with Gasteiger partial charge in [0.1, 0.15) is 4.83 Å². The summed E-state index contributed by atoms with van der Waals surface area (Å²) in [5, 5.41) is 2.46. The second-order valence-electron chi connectivity index (χ2n) is 6.14. The number of amides is 1. The van der Waals surface area contributed by atoms with Gasteiger partial charge in [0.2, 0.25) is 5.91 Å². The maximum atomic E-state index is 12.3. The lowest BCUT2D eigenvalue weighted by molar-refractivity contribution is -0.130. The van der Waals surface area contributed by atoms with Crippen LogP contribution in [-0.4, -0.2) is 40.0 Å². The Morgan fingerprint density at radius 3 is 2.83 bits per heavy atom. The molecule has 1 atom stereocenters. The Morgan fingerprint density at radius 2 is 2.17 bits per heavy atom. The molecule has 0 aliphatic rings. The third-order valence-corrected chi connectivity index (χ3v) is 4.92. The highest BCUT2D eigenvalue weighted by Gasteiger charge is 2.13. The summed E-state index contributed by atoms with van der Waals surface area (Å²) in [6, 6.07) is 1.87. The minimum atomic E-state index is -0.0893. The summed E-state index contributed by atoms with van der Waals surface area (Å²) >= 11 is 1.44. The van der Waals surface area contributed by atoms with Crippen LogP contribution in [0.3, 0.4) is 0 Å². The van der Waals surface area contributed by atoms with Crippen molar-refractivity contribution in [2.75, 3.05) is 13.6 Å². The molecule has 2 aromatic heterocycles. The van der Waals surface area contributed by atoms with Gasteiger partial charge >= 0.3 is 0 Å². The highest BCUT2D eigenvalue weighted by molar-refractivity contribution is 7.16. The van der Waals surface area contributed by atoms with Gasteiger partial charge in [-0.05, 0) is 23.8 Å². The highest BCUT2D eigenvalue weighted by Crippen LogP contribution is 2.13. The molecule has 0 saturated heterocycles. The van der Waals surface area contributed by atoms with E-state index in [4.69, 9.17) is 5.73 Å². The fourth-order valence-electron chi connectivity index (χ4n) is 2.26. The molecule has 24 heavy (non-hydrogen) atoms. The largest absolute Gasteiger partial charge is 0.346 e. The predicted octanol–water partition coefficient (Wildman–Crippen LogP) is 2.10. The van der Waals surface area contributed by atoms with Crippen LogP contribution in [0, 0.1) is 5.92 Å². The van der Waals surface area contributed by atoms with Crippen molar-refractivity contribution in [1.29, 1.82) is 0 Å². The van der Waals surface area contributed by atoms with Crippen molar-refractivity contribution in [2.24, 2.45) is 11.7 Å². The van der Waals surface area contributed by atoms with Gasteiger partial charge in [0.15, 0.2) is 0 Å². The van der Waals surface area contributed by atoms with E-state index >= 15 is 0 Å².